The number of methoxy groups -OCH3 is 1. The molecular weight excluding hydrogens is 192 g/mol. The van der Waals surface area contributed by atoms with E-state index in [1.165, 1.54) is 6.33 Å². The molecule has 0 aliphatic rings. The van der Waals surface area contributed by atoms with Gasteiger partial charge in [-0.25, -0.2) is 9.97 Å². The molecule has 3 N–H and O–H groups in total. The number of aromatic nitrogens is 2. The van der Waals surface area contributed by atoms with Crippen molar-refractivity contribution in [1.82, 2.24) is 9.97 Å². The Bertz CT molecular complexity index is 303. The van der Waals surface area contributed by atoms with Crippen molar-refractivity contribution in [3.63, 3.8) is 0 Å². The van der Waals surface area contributed by atoms with Gasteiger partial charge < -0.3 is 15.8 Å². The van der Waals surface area contributed by atoms with Crippen LogP contribution in [-0.2, 0) is 0 Å². The largest absolute Gasteiger partial charge is 0.481 e. The lowest BCUT2D eigenvalue weighted by Crippen LogP contribution is -2.34. The normalized spacial score (nSPS) is 12.6. The fraction of sp³-hybridized carbons (Fsp3) is 0.600. The molecule has 15 heavy (non-hydrogen) atoms. The summed E-state index contributed by atoms with van der Waals surface area (Å²) in [6.45, 7) is 4.80. The third-order valence-corrected chi connectivity index (χ3v) is 2.24. The van der Waals surface area contributed by atoms with Crippen LogP contribution in [0.15, 0.2) is 12.4 Å². The summed E-state index contributed by atoms with van der Waals surface area (Å²) in [7, 11) is 1.58. The van der Waals surface area contributed by atoms with Crippen molar-refractivity contribution in [3.05, 3.63) is 12.4 Å². The van der Waals surface area contributed by atoms with E-state index in [0.717, 1.165) is 5.82 Å². The van der Waals surface area contributed by atoms with Gasteiger partial charge in [-0.05, 0) is 5.92 Å². The Balaban J connectivity index is 2.70. The van der Waals surface area contributed by atoms with Crippen molar-refractivity contribution in [2.45, 2.75) is 19.9 Å². The molecule has 0 radical (unpaired) electrons. The fourth-order valence-electron chi connectivity index (χ4n) is 1.22. The highest BCUT2D eigenvalue weighted by molar-refractivity contribution is 5.38. The van der Waals surface area contributed by atoms with E-state index in [1.807, 2.05) is 0 Å². The highest BCUT2D eigenvalue weighted by atomic mass is 16.5. The summed E-state index contributed by atoms with van der Waals surface area (Å²) in [5.74, 6) is 1.74. The number of ether oxygens (including phenoxy) is 1. The second-order valence-electron chi connectivity index (χ2n) is 3.68. The minimum atomic E-state index is 0.213. The lowest BCUT2D eigenvalue weighted by atomic mass is 10.1. The highest BCUT2D eigenvalue weighted by Gasteiger charge is 2.11. The van der Waals surface area contributed by atoms with Crippen LogP contribution < -0.4 is 15.8 Å². The Kier molecular flexibility index (Phi) is 4.30. The molecule has 0 saturated carbocycles. The molecule has 1 atom stereocenters. The van der Waals surface area contributed by atoms with Gasteiger partial charge in [-0.2, -0.15) is 0 Å². The Morgan fingerprint density at radius 3 is 2.73 bits per heavy atom. The molecule has 84 valence electrons. The van der Waals surface area contributed by atoms with Gasteiger partial charge in [-0.1, -0.05) is 13.8 Å². The van der Waals surface area contributed by atoms with Crippen LogP contribution >= 0.6 is 0 Å². The molecule has 5 nitrogen and oxygen atoms in total. The second kappa shape index (κ2) is 5.50. The average Bonchev–Trinajstić information content (AvgIpc) is 2.25. The SMILES string of the molecule is COc1cc(NC(CN)C(C)C)ncn1. The van der Waals surface area contributed by atoms with Crippen molar-refractivity contribution < 1.29 is 4.74 Å². The van der Waals surface area contributed by atoms with Crippen molar-refractivity contribution in [2.75, 3.05) is 19.0 Å². The number of nitrogens with two attached hydrogens (primary N) is 1. The molecule has 1 heterocycles. The first kappa shape index (κ1) is 11.7. The molecule has 1 rings (SSSR count). The van der Waals surface area contributed by atoms with E-state index in [4.69, 9.17) is 10.5 Å². The van der Waals surface area contributed by atoms with Crippen LogP contribution in [0.3, 0.4) is 0 Å². The van der Waals surface area contributed by atoms with Gasteiger partial charge in [-0.3, -0.25) is 0 Å². The van der Waals surface area contributed by atoms with Crippen molar-refractivity contribution in [1.29, 1.82) is 0 Å². The minimum absolute atomic E-state index is 0.213. The molecule has 0 aliphatic carbocycles. The molecule has 1 aromatic rings. The van der Waals surface area contributed by atoms with E-state index in [2.05, 4.69) is 29.1 Å². The van der Waals surface area contributed by atoms with Crippen molar-refractivity contribution in [2.24, 2.45) is 11.7 Å². The van der Waals surface area contributed by atoms with Gasteiger partial charge in [0.05, 0.1) is 7.11 Å². The van der Waals surface area contributed by atoms with Gasteiger partial charge >= 0.3 is 0 Å². The van der Waals surface area contributed by atoms with E-state index in [-0.39, 0.29) is 6.04 Å². The van der Waals surface area contributed by atoms with Crippen LogP contribution in [-0.4, -0.2) is 29.7 Å². The number of nitrogens with one attached hydrogen (secondary N) is 1. The summed E-state index contributed by atoms with van der Waals surface area (Å²) in [5.41, 5.74) is 5.65. The van der Waals surface area contributed by atoms with Crippen LogP contribution in [0, 0.1) is 5.92 Å². The predicted octanol–water partition coefficient (Wildman–Crippen LogP) is 0.880. The lowest BCUT2D eigenvalue weighted by Gasteiger charge is -2.20. The van der Waals surface area contributed by atoms with E-state index in [1.54, 1.807) is 13.2 Å². The minimum Gasteiger partial charge on any atom is -0.481 e. The van der Waals surface area contributed by atoms with Crippen molar-refractivity contribution >= 4 is 5.82 Å². The molecule has 0 saturated heterocycles. The molecule has 0 spiro atoms. The zero-order valence-corrected chi connectivity index (χ0v) is 9.40. The molecule has 1 aromatic heterocycles. The lowest BCUT2D eigenvalue weighted by molar-refractivity contribution is 0.397. The summed E-state index contributed by atoms with van der Waals surface area (Å²) >= 11 is 0. The second-order valence-corrected chi connectivity index (χ2v) is 3.68. The molecule has 0 fully saturated rings. The maximum Gasteiger partial charge on any atom is 0.218 e. The first-order valence-corrected chi connectivity index (χ1v) is 5.00. The van der Waals surface area contributed by atoms with E-state index in [9.17, 15) is 0 Å². The summed E-state index contributed by atoms with van der Waals surface area (Å²) in [5, 5.41) is 3.25. The van der Waals surface area contributed by atoms with Gasteiger partial charge in [0, 0.05) is 18.7 Å². The maximum absolute atomic E-state index is 5.65. The number of anilines is 1. The van der Waals surface area contributed by atoms with Crippen LogP contribution in [0.25, 0.3) is 0 Å². The summed E-state index contributed by atoms with van der Waals surface area (Å²) in [4.78, 5) is 8.03. The van der Waals surface area contributed by atoms with Crippen LogP contribution in [0.1, 0.15) is 13.8 Å². The average molecular weight is 210 g/mol. The maximum atomic E-state index is 5.65. The van der Waals surface area contributed by atoms with Crippen LogP contribution in [0.2, 0.25) is 0 Å². The standard InChI is InChI=1S/C10H18N4O/c1-7(2)8(5-11)14-9-4-10(15-3)13-6-12-9/h4,6-8H,5,11H2,1-3H3,(H,12,13,14). The molecule has 0 amide bonds. The quantitative estimate of drug-likeness (QED) is 0.754. The third kappa shape index (κ3) is 3.36. The van der Waals surface area contributed by atoms with Gasteiger partial charge in [0.2, 0.25) is 5.88 Å². The zero-order chi connectivity index (χ0) is 11.3. The fourth-order valence-corrected chi connectivity index (χ4v) is 1.22. The highest BCUT2D eigenvalue weighted by Crippen LogP contribution is 2.13. The Morgan fingerprint density at radius 1 is 1.47 bits per heavy atom. The Hall–Kier alpha value is -1.36. The van der Waals surface area contributed by atoms with Crippen molar-refractivity contribution in [3.8, 4) is 5.88 Å². The smallest absolute Gasteiger partial charge is 0.218 e. The first-order valence-electron chi connectivity index (χ1n) is 5.00. The van der Waals surface area contributed by atoms with E-state index < -0.39 is 0 Å². The molecular formula is C10H18N4O. The van der Waals surface area contributed by atoms with Gasteiger partial charge in [0.1, 0.15) is 12.1 Å². The number of hydrogen-bond acceptors (Lipinski definition) is 5. The molecule has 5 heteroatoms. The van der Waals surface area contributed by atoms with Gasteiger partial charge in [0.15, 0.2) is 0 Å². The number of hydrogen-bond donors (Lipinski definition) is 2. The Morgan fingerprint density at radius 2 is 2.20 bits per heavy atom. The van der Waals surface area contributed by atoms with Crippen LogP contribution in [0.4, 0.5) is 5.82 Å². The number of nitrogens with zero attached hydrogens (tertiary/aromatic N) is 2. The predicted molar refractivity (Wildman–Crippen MR) is 59.9 cm³/mol. The summed E-state index contributed by atoms with van der Waals surface area (Å²) in [6, 6.07) is 1.97. The molecule has 0 aliphatic heterocycles. The van der Waals surface area contributed by atoms with E-state index >= 15 is 0 Å². The molecule has 1 unspecified atom stereocenters. The molecule has 0 bridgehead atoms. The monoisotopic (exact) mass is 210 g/mol. The van der Waals surface area contributed by atoms with Gasteiger partial charge in [-0.15, -0.1) is 0 Å². The summed E-state index contributed by atoms with van der Waals surface area (Å²) < 4.78 is 5.01. The van der Waals surface area contributed by atoms with Gasteiger partial charge in [0.25, 0.3) is 0 Å². The third-order valence-electron chi connectivity index (χ3n) is 2.24. The zero-order valence-electron chi connectivity index (χ0n) is 9.40. The number of rotatable bonds is 5. The summed E-state index contributed by atoms with van der Waals surface area (Å²) in [6.07, 6.45) is 1.47. The van der Waals surface area contributed by atoms with Crippen LogP contribution in [0.5, 0.6) is 5.88 Å². The Labute approximate surface area is 90.1 Å². The first-order chi connectivity index (χ1) is 7.17. The molecule has 0 aromatic carbocycles. The topological polar surface area (TPSA) is 73.1 Å². The van der Waals surface area contributed by atoms with E-state index in [0.29, 0.717) is 18.3 Å².